The number of pyridine rings is 1. The molecule has 2 heterocycles. The van der Waals surface area contributed by atoms with Crippen LogP contribution in [-0.2, 0) is 17.6 Å². The molecule has 0 bridgehead atoms. The molecule has 1 aliphatic carbocycles. The quantitative estimate of drug-likeness (QED) is 0.649. The Bertz CT molecular complexity index is 959. The lowest BCUT2D eigenvalue weighted by molar-refractivity contribution is 0.00717. The molecule has 0 aliphatic heterocycles. The van der Waals surface area contributed by atoms with E-state index >= 15 is 0 Å². The fraction of sp³-hybridized carbons (Fsp3) is 0.381. The van der Waals surface area contributed by atoms with Crippen LogP contribution in [0.1, 0.15) is 55.2 Å². The summed E-state index contributed by atoms with van der Waals surface area (Å²) in [5.74, 6) is 0.313. The van der Waals surface area contributed by atoms with Crippen LogP contribution in [0.4, 0.5) is 0 Å². The molecule has 5 heteroatoms. The molecule has 134 valence electrons. The Morgan fingerprint density at radius 3 is 2.69 bits per heavy atom. The van der Waals surface area contributed by atoms with Gasteiger partial charge in [0, 0.05) is 11.6 Å². The van der Waals surface area contributed by atoms with E-state index in [1.807, 2.05) is 51.2 Å². The second-order valence-electron chi connectivity index (χ2n) is 7.80. The zero-order valence-corrected chi connectivity index (χ0v) is 15.5. The second-order valence-corrected chi connectivity index (χ2v) is 7.80. The molecule has 0 saturated heterocycles. The molecule has 26 heavy (non-hydrogen) atoms. The SMILES string of the molecule is CC(C)(C)OC(=O)c1cc(-n2cc3c(n2)CCCC3)nc2ccccc12. The fourth-order valence-electron chi connectivity index (χ4n) is 3.37. The molecule has 0 radical (unpaired) electrons. The number of hydrogen-bond acceptors (Lipinski definition) is 4. The minimum Gasteiger partial charge on any atom is -0.456 e. The molecule has 4 rings (SSSR count). The number of carbonyl (C=O) groups excluding carboxylic acids is 1. The molecule has 0 amide bonds. The maximum atomic E-state index is 12.8. The number of fused-ring (bicyclic) bond motifs is 2. The summed E-state index contributed by atoms with van der Waals surface area (Å²) in [5.41, 5.74) is 3.16. The number of carbonyl (C=O) groups is 1. The molecule has 0 atom stereocenters. The lowest BCUT2D eigenvalue weighted by Gasteiger charge is -2.20. The third-order valence-electron chi connectivity index (χ3n) is 4.54. The van der Waals surface area contributed by atoms with Crippen molar-refractivity contribution in [2.24, 2.45) is 0 Å². The third-order valence-corrected chi connectivity index (χ3v) is 4.54. The van der Waals surface area contributed by atoms with Crippen molar-refractivity contribution in [2.75, 3.05) is 0 Å². The molecule has 1 aliphatic rings. The summed E-state index contributed by atoms with van der Waals surface area (Å²) in [7, 11) is 0. The summed E-state index contributed by atoms with van der Waals surface area (Å²) < 4.78 is 7.41. The highest BCUT2D eigenvalue weighted by Crippen LogP contribution is 2.25. The Labute approximate surface area is 153 Å². The van der Waals surface area contributed by atoms with Gasteiger partial charge in [0.05, 0.1) is 16.8 Å². The van der Waals surface area contributed by atoms with Gasteiger partial charge in [0.2, 0.25) is 0 Å². The van der Waals surface area contributed by atoms with E-state index in [9.17, 15) is 4.79 Å². The Balaban J connectivity index is 1.83. The Kier molecular flexibility index (Phi) is 4.02. The van der Waals surface area contributed by atoms with Crippen LogP contribution in [0.5, 0.6) is 0 Å². The van der Waals surface area contributed by atoms with Gasteiger partial charge in [-0.2, -0.15) is 5.10 Å². The lowest BCUT2D eigenvalue weighted by Crippen LogP contribution is -2.24. The van der Waals surface area contributed by atoms with E-state index < -0.39 is 5.60 Å². The normalized spacial score (nSPS) is 14.3. The smallest absolute Gasteiger partial charge is 0.339 e. The highest BCUT2D eigenvalue weighted by Gasteiger charge is 2.22. The molecule has 3 aromatic rings. The summed E-state index contributed by atoms with van der Waals surface area (Å²) >= 11 is 0. The van der Waals surface area contributed by atoms with Gasteiger partial charge < -0.3 is 4.74 Å². The first-order chi connectivity index (χ1) is 12.4. The van der Waals surface area contributed by atoms with Crippen molar-refractivity contribution in [1.29, 1.82) is 0 Å². The van der Waals surface area contributed by atoms with Crippen LogP contribution in [-0.4, -0.2) is 26.3 Å². The van der Waals surface area contributed by atoms with Crippen LogP contribution in [0.15, 0.2) is 36.5 Å². The van der Waals surface area contributed by atoms with Crippen molar-refractivity contribution >= 4 is 16.9 Å². The first-order valence-corrected chi connectivity index (χ1v) is 9.12. The van der Waals surface area contributed by atoms with Crippen molar-refractivity contribution in [2.45, 2.75) is 52.1 Å². The number of para-hydroxylation sites is 1. The minimum absolute atomic E-state index is 0.339. The molecule has 0 fully saturated rings. The topological polar surface area (TPSA) is 57.0 Å². The van der Waals surface area contributed by atoms with Gasteiger partial charge in [0.15, 0.2) is 5.82 Å². The highest BCUT2D eigenvalue weighted by atomic mass is 16.6. The van der Waals surface area contributed by atoms with Crippen LogP contribution < -0.4 is 0 Å². The Morgan fingerprint density at radius 1 is 1.15 bits per heavy atom. The van der Waals surface area contributed by atoms with E-state index in [0.29, 0.717) is 11.4 Å². The molecule has 1 aromatic carbocycles. The number of aryl methyl sites for hydroxylation is 2. The number of esters is 1. The van der Waals surface area contributed by atoms with Gasteiger partial charge >= 0.3 is 5.97 Å². The summed E-state index contributed by atoms with van der Waals surface area (Å²) in [5, 5.41) is 5.50. The van der Waals surface area contributed by atoms with E-state index in [-0.39, 0.29) is 5.97 Å². The molecular formula is C21H23N3O2. The van der Waals surface area contributed by atoms with Gasteiger partial charge in [-0.05, 0) is 64.2 Å². The summed E-state index contributed by atoms with van der Waals surface area (Å²) in [6, 6.07) is 9.43. The monoisotopic (exact) mass is 349 g/mol. The van der Waals surface area contributed by atoms with Gasteiger partial charge in [0.25, 0.3) is 0 Å². The van der Waals surface area contributed by atoms with Gasteiger partial charge in [-0.3, -0.25) is 0 Å². The van der Waals surface area contributed by atoms with E-state index in [1.54, 1.807) is 10.7 Å². The van der Waals surface area contributed by atoms with Crippen LogP contribution in [0.2, 0.25) is 0 Å². The summed E-state index contributed by atoms with van der Waals surface area (Å²) in [6.07, 6.45) is 6.49. The molecule has 0 N–H and O–H groups in total. The predicted molar refractivity (Wildman–Crippen MR) is 101 cm³/mol. The molecule has 0 unspecified atom stereocenters. The van der Waals surface area contributed by atoms with Crippen molar-refractivity contribution in [3.05, 3.63) is 53.3 Å². The lowest BCUT2D eigenvalue weighted by atomic mass is 9.99. The standard InChI is InChI=1S/C21H23N3O2/c1-21(2,3)26-20(25)16-12-19(22-18-11-7-5-9-15(16)18)24-13-14-8-4-6-10-17(14)23-24/h5,7,9,11-13H,4,6,8,10H2,1-3H3. The van der Waals surface area contributed by atoms with Crippen molar-refractivity contribution < 1.29 is 9.53 Å². The average Bonchev–Trinajstić information content (AvgIpc) is 3.03. The first kappa shape index (κ1) is 16.8. The highest BCUT2D eigenvalue weighted by molar-refractivity contribution is 6.04. The van der Waals surface area contributed by atoms with Gasteiger partial charge in [0.1, 0.15) is 5.60 Å². The molecule has 2 aromatic heterocycles. The third kappa shape index (κ3) is 3.21. The Morgan fingerprint density at radius 2 is 1.92 bits per heavy atom. The Hall–Kier alpha value is -2.69. The maximum Gasteiger partial charge on any atom is 0.339 e. The predicted octanol–water partition coefficient (Wildman–Crippen LogP) is 4.25. The van der Waals surface area contributed by atoms with Crippen molar-refractivity contribution in [3.8, 4) is 5.82 Å². The number of hydrogen-bond donors (Lipinski definition) is 0. The van der Waals surface area contributed by atoms with E-state index in [4.69, 9.17) is 14.8 Å². The number of nitrogens with zero attached hydrogens (tertiary/aromatic N) is 3. The van der Waals surface area contributed by atoms with Crippen molar-refractivity contribution in [3.63, 3.8) is 0 Å². The van der Waals surface area contributed by atoms with Crippen molar-refractivity contribution in [1.82, 2.24) is 14.8 Å². The number of ether oxygens (including phenoxy) is 1. The number of rotatable bonds is 2. The second kappa shape index (κ2) is 6.24. The van der Waals surface area contributed by atoms with Crippen LogP contribution in [0, 0.1) is 0 Å². The van der Waals surface area contributed by atoms with Gasteiger partial charge in [-0.25, -0.2) is 14.5 Å². The largest absolute Gasteiger partial charge is 0.456 e. The molecule has 5 nitrogen and oxygen atoms in total. The zero-order chi connectivity index (χ0) is 18.3. The zero-order valence-electron chi connectivity index (χ0n) is 15.5. The minimum atomic E-state index is -0.549. The first-order valence-electron chi connectivity index (χ1n) is 9.12. The van der Waals surface area contributed by atoms with Crippen LogP contribution >= 0.6 is 0 Å². The number of benzene rings is 1. The maximum absolute atomic E-state index is 12.8. The van der Waals surface area contributed by atoms with E-state index in [1.165, 1.54) is 18.4 Å². The van der Waals surface area contributed by atoms with Crippen LogP contribution in [0.3, 0.4) is 0 Å². The average molecular weight is 349 g/mol. The van der Waals surface area contributed by atoms with E-state index in [0.717, 1.165) is 29.4 Å². The van der Waals surface area contributed by atoms with Crippen LogP contribution in [0.25, 0.3) is 16.7 Å². The molecule has 0 saturated carbocycles. The molecule has 0 spiro atoms. The van der Waals surface area contributed by atoms with Gasteiger partial charge in [-0.15, -0.1) is 0 Å². The van der Waals surface area contributed by atoms with Gasteiger partial charge in [-0.1, -0.05) is 18.2 Å². The summed E-state index contributed by atoms with van der Waals surface area (Å²) in [6.45, 7) is 5.62. The fourth-order valence-corrected chi connectivity index (χ4v) is 3.37. The summed E-state index contributed by atoms with van der Waals surface area (Å²) in [4.78, 5) is 17.5. The number of aromatic nitrogens is 3. The molecular weight excluding hydrogens is 326 g/mol. The van der Waals surface area contributed by atoms with E-state index in [2.05, 4.69) is 0 Å².